The Morgan fingerprint density at radius 3 is 2.59 bits per heavy atom. The smallest absolute Gasteiger partial charge is 0.125 e. The van der Waals surface area contributed by atoms with Gasteiger partial charge in [0.25, 0.3) is 0 Å². The minimum Gasteiger partial charge on any atom is -0.496 e. The molecule has 2 rings (SSSR count). The molecule has 0 spiro atoms. The summed E-state index contributed by atoms with van der Waals surface area (Å²) in [6, 6.07) is 0. The average Bonchev–Trinajstić information content (AvgIpc) is 2.36. The van der Waals surface area contributed by atoms with Crippen LogP contribution in [0.15, 0.2) is 4.47 Å². The number of hydrogen-bond acceptors (Lipinski definition) is 1. The van der Waals surface area contributed by atoms with Gasteiger partial charge >= 0.3 is 0 Å². The molecule has 94 valence electrons. The van der Waals surface area contributed by atoms with E-state index in [1.165, 1.54) is 52.4 Å². The molecule has 0 unspecified atom stereocenters. The van der Waals surface area contributed by atoms with Crippen molar-refractivity contribution < 1.29 is 4.74 Å². The van der Waals surface area contributed by atoms with Crippen LogP contribution in [-0.4, -0.2) is 7.11 Å². The molecule has 1 aromatic carbocycles. The van der Waals surface area contributed by atoms with Crippen molar-refractivity contribution >= 4 is 15.9 Å². The van der Waals surface area contributed by atoms with Gasteiger partial charge in [-0.1, -0.05) is 22.9 Å². The second kappa shape index (κ2) is 5.01. The van der Waals surface area contributed by atoms with Crippen LogP contribution in [0.25, 0.3) is 0 Å². The first-order chi connectivity index (χ1) is 8.11. The normalized spacial score (nSPS) is 19.0. The van der Waals surface area contributed by atoms with Crippen LogP contribution in [0.2, 0.25) is 0 Å². The topological polar surface area (TPSA) is 9.23 Å². The lowest BCUT2D eigenvalue weighted by molar-refractivity contribution is 0.392. The minimum absolute atomic E-state index is 0.671. The predicted molar refractivity (Wildman–Crippen MR) is 76.1 cm³/mol. The molecule has 17 heavy (non-hydrogen) atoms. The van der Waals surface area contributed by atoms with Gasteiger partial charge in [-0.25, -0.2) is 0 Å². The van der Waals surface area contributed by atoms with Crippen LogP contribution in [-0.2, 0) is 6.42 Å². The Morgan fingerprint density at radius 2 is 2.00 bits per heavy atom. The van der Waals surface area contributed by atoms with E-state index in [9.17, 15) is 0 Å². The molecule has 0 saturated heterocycles. The highest BCUT2D eigenvalue weighted by molar-refractivity contribution is 9.10. The van der Waals surface area contributed by atoms with Crippen LogP contribution in [0.4, 0.5) is 0 Å². The maximum Gasteiger partial charge on any atom is 0.125 e. The monoisotopic (exact) mass is 296 g/mol. The van der Waals surface area contributed by atoms with Crippen molar-refractivity contribution in [1.29, 1.82) is 0 Å². The minimum atomic E-state index is 0.671. The fourth-order valence-corrected chi connectivity index (χ4v) is 3.74. The van der Waals surface area contributed by atoms with Crippen molar-refractivity contribution in [3.8, 4) is 5.75 Å². The Kier molecular flexibility index (Phi) is 3.82. The lowest BCUT2D eigenvalue weighted by Crippen LogP contribution is -2.13. The van der Waals surface area contributed by atoms with Gasteiger partial charge in [0.05, 0.1) is 7.11 Å². The third-order valence-corrected chi connectivity index (χ3v) is 5.22. The van der Waals surface area contributed by atoms with E-state index in [2.05, 4.69) is 36.7 Å². The number of hydrogen-bond donors (Lipinski definition) is 0. The molecule has 0 heterocycles. The van der Waals surface area contributed by atoms with E-state index in [-0.39, 0.29) is 0 Å². The first-order valence-electron chi connectivity index (χ1n) is 6.47. The van der Waals surface area contributed by atoms with Gasteiger partial charge in [-0.2, -0.15) is 0 Å². The zero-order chi connectivity index (χ0) is 12.6. The maximum absolute atomic E-state index is 5.69. The number of benzene rings is 1. The average molecular weight is 297 g/mol. The second-order valence-corrected chi connectivity index (χ2v) is 5.78. The number of ether oxygens (including phenoxy) is 1. The molecule has 0 aliphatic heterocycles. The molecule has 2 heteroatoms. The van der Waals surface area contributed by atoms with Gasteiger partial charge in [-0.15, -0.1) is 0 Å². The number of halogens is 1. The summed E-state index contributed by atoms with van der Waals surface area (Å²) in [5.74, 6) is 1.80. The fourth-order valence-electron chi connectivity index (χ4n) is 3.04. The Hall–Kier alpha value is -0.500. The summed E-state index contributed by atoms with van der Waals surface area (Å²) in [7, 11) is 1.80. The van der Waals surface area contributed by atoms with Crippen LogP contribution in [0.5, 0.6) is 5.75 Å². The molecule has 0 N–H and O–H groups in total. The molecule has 1 aliphatic rings. The Bertz CT molecular complexity index is 414. The van der Waals surface area contributed by atoms with Gasteiger partial charge in [0.15, 0.2) is 0 Å². The molecule has 0 radical (unpaired) electrons. The molecule has 0 amide bonds. The van der Waals surface area contributed by atoms with Gasteiger partial charge < -0.3 is 4.74 Å². The molecule has 0 aromatic heterocycles. The Morgan fingerprint density at radius 1 is 1.29 bits per heavy atom. The third kappa shape index (κ3) is 2.01. The van der Waals surface area contributed by atoms with Crippen molar-refractivity contribution in [2.75, 3.05) is 7.11 Å². The van der Waals surface area contributed by atoms with E-state index in [0.717, 1.165) is 5.75 Å². The largest absolute Gasteiger partial charge is 0.496 e. The highest BCUT2D eigenvalue weighted by Gasteiger charge is 2.27. The lowest BCUT2D eigenvalue weighted by atomic mass is 9.79. The van der Waals surface area contributed by atoms with Crippen LogP contribution in [0, 0.1) is 13.8 Å². The van der Waals surface area contributed by atoms with Crippen molar-refractivity contribution in [3.05, 3.63) is 26.7 Å². The number of methoxy groups -OCH3 is 1. The van der Waals surface area contributed by atoms with Crippen molar-refractivity contribution in [2.45, 2.75) is 52.4 Å². The highest BCUT2D eigenvalue weighted by atomic mass is 79.9. The molecule has 0 saturated carbocycles. The second-order valence-electron chi connectivity index (χ2n) is 4.99. The van der Waals surface area contributed by atoms with Crippen LogP contribution in [0.1, 0.15) is 54.4 Å². The number of fused-ring (bicyclic) bond motifs is 1. The van der Waals surface area contributed by atoms with Crippen molar-refractivity contribution in [1.82, 2.24) is 0 Å². The van der Waals surface area contributed by atoms with Gasteiger partial charge in [-0.05, 0) is 62.1 Å². The number of rotatable bonds is 2. The van der Waals surface area contributed by atoms with Gasteiger partial charge in [0.1, 0.15) is 5.75 Å². The van der Waals surface area contributed by atoms with Gasteiger partial charge in [-0.3, -0.25) is 0 Å². The summed E-state index contributed by atoms with van der Waals surface area (Å²) >= 11 is 3.78. The lowest BCUT2D eigenvalue weighted by Gasteiger charge is -2.30. The molecule has 1 aromatic rings. The first-order valence-corrected chi connectivity index (χ1v) is 7.26. The van der Waals surface area contributed by atoms with E-state index in [1.807, 2.05) is 0 Å². The van der Waals surface area contributed by atoms with Crippen LogP contribution < -0.4 is 4.74 Å². The van der Waals surface area contributed by atoms with E-state index in [4.69, 9.17) is 4.74 Å². The quantitative estimate of drug-likeness (QED) is 0.754. The zero-order valence-corrected chi connectivity index (χ0v) is 12.8. The molecule has 1 atom stereocenters. The molecular weight excluding hydrogens is 276 g/mol. The van der Waals surface area contributed by atoms with Gasteiger partial charge in [0, 0.05) is 10.0 Å². The summed E-state index contributed by atoms with van der Waals surface area (Å²) < 4.78 is 7.00. The maximum atomic E-state index is 5.69. The summed E-state index contributed by atoms with van der Waals surface area (Å²) in [5, 5.41) is 0. The van der Waals surface area contributed by atoms with E-state index >= 15 is 0 Å². The predicted octanol–water partition coefficient (Wildman–Crippen LogP) is 4.90. The van der Waals surface area contributed by atoms with E-state index in [1.54, 1.807) is 7.11 Å². The Balaban J connectivity index is 2.72. The molecule has 0 bridgehead atoms. The zero-order valence-electron chi connectivity index (χ0n) is 11.2. The first kappa shape index (κ1) is 12.9. The SMILES string of the molecule is CC[C@@H]1CCCc2c(Br)c(C)c(C)c(OC)c21. The summed E-state index contributed by atoms with van der Waals surface area (Å²) in [6.45, 7) is 6.63. The van der Waals surface area contributed by atoms with Crippen molar-refractivity contribution in [3.63, 3.8) is 0 Å². The van der Waals surface area contributed by atoms with E-state index in [0.29, 0.717) is 5.92 Å². The molecular formula is C15H21BrO. The van der Waals surface area contributed by atoms with Gasteiger partial charge in [0.2, 0.25) is 0 Å². The van der Waals surface area contributed by atoms with Crippen LogP contribution >= 0.6 is 15.9 Å². The van der Waals surface area contributed by atoms with Crippen molar-refractivity contribution in [2.24, 2.45) is 0 Å². The fraction of sp³-hybridized carbons (Fsp3) is 0.600. The third-order valence-electron chi connectivity index (χ3n) is 4.15. The van der Waals surface area contributed by atoms with E-state index < -0.39 is 0 Å². The van der Waals surface area contributed by atoms with Crippen LogP contribution in [0.3, 0.4) is 0 Å². The summed E-state index contributed by atoms with van der Waals surface area (Å²) in [4.78, 5) is 0. The Labute approximate surface area is 113 Å². The molecule has 1 nitrogen and oxygen atoms in total. The molecule has 0 fully saturated rings. The summed E-state index contributed by atoms with van der Waals surface area (Å²) in [6.07, 6.45) is 4.99. The standard InChI is InChI=1S/C15H21BrO/c1-5-11-7-6-8-12-13(11)15(17-4)10(3)9(2)14(12)16/h11H,5-8H2,1-4H3/t11-/m1/s1. The highest BCUT2D eigenvalue weighted by Crippen LogP contribution is 2.46. The molecule has 1 aliphatic carbocycles. The summed E-state index contributed by atoms with van der Waals surface area (Å²) in [5.41, 5.74) is 5.58.